The first-order valence-corrected chi connectivity index (χ1v) is 10.3. The van der Waals surface area contributed by atoms with Gasteiger partial charge in [-0.25, -0.2) is 4.98 Å². The minimum atomic E-state index is -0.281. The molecule has 0 aliphatic carbocycles. The number of aromatic amines is 2. The number of benzene rings is 1. The molecule has 0 fully saturated rings. The van der Waals surface area contributed by atoms with Crippen LogP contribution >= 0.6 is 0 Å². The second-order valence-corrected chi connectivity index (χ2v) is 7.76. The van der Waals surface area contributed by atoms with Gasteiger partial charge in [-0.1, -0.05) is 11.2 Å². The highest BCUT2D eigenvalue weighted by Gasteiger charge is 2.20. The number of H-pyrrole nitrogens is 2. The van der Waals surface area contributed by atoms with Crippen molar-refractivity contribution in [3.8, 4) is 22.8 Å². The fourth-order valence-corrected chi connectivity index (χ4v) is 4.12. The summed E-state index contributed by atoms with van der Waals surface area (Å²) < 4.78 is 7.19. The van der Waals surface area contributed by atoms with Gasteiger partial charge in [-0.15, -0.1) is 10.2 Å². The predicted octanol–water partition coefficient (Wildman–Crippen LogP) is 2.38. The standard InChI is InChI=1S/C21H19N9O2/c1-11-18(12-4-5-14-13(7-12)8-15(26-14)21-23-10-24-32-21)27-19(25-11)20(31)22-9-17-29-28-16-3-2-6-30(16)17/h4-5,7-8,10,26H,2-3,6,9H2,1H3,(H,22,31)(H,25,27). The smallest absolute Gasteiger partial charge is 0.287 e. The summed E-state index contributed by atoms with van der Waals surface area (Å²) in [5.74, 6) is 2.16. The van der Waals surface area contributed by atoms with Gasteiger partial charge in [0, 0.05) is 35.1 Å². The molecule has 11 heteroatoms. The maximum atomic E-state index is 12.7. The molecule has 1 aliphatic heterocycles. The number of hydrogen-bond donors (Lipinski definition) is 3. The highest BCUT2D eigenvalue weighted by Crippen LogP contribution is 2.28. The molecule has 0 radical (unpaired) electrons. The third-order valence-corrected chi connectivity index (χ3v) is 5.68. The zero-order valence-electron chi connectivity index (χ0n) is 17.2. The molecule has 5 aromatic rings. The van der Waals surface area contributed by atoms with Crippen LogP contribution in [0.25, 0.3) is 33.7 Å². The molecule has 1 aliphatic rings. The number of carbonyl (C=O) groups excluding carboxylic acids is 1. The van der Waals surface area contributed by atoms with Crippen LogP contribution in [0.3, 0.4) is 0 Å². The van der Waals surface area contributed by atoms with Crippen molar-refractivity contribution in [3.63, 3.8) is 0 Å². The number of rotatable bonds is 5. The quantitative estimate of drug-likeness (QED) is 0.389. The Morgan fingerprint density at radius 1 is 1.25 bits per heavy atom. The molecule has 160 valence electrons. The molecule has 11 nitrogen and oxygen atoms in total. The third-order valence-electron chi connectivity index (χ3n) is 5.68. The van der Waals surface area contributed by atoms with E-state index in [9.17, 15) is 4.79 Å². The Labute approximate surface area is 181 Å². The van der Waals surface area contributed by atoms with E-state index in [1.807, 2.05) is 31.2 Å². The van der Waals surface area contributed by atoms with E-state index in [1.54, 1.807) is 0 Å². The molecule has 5 heterocycles. The second-order valence-electron chi connectivity index (χ2n) is 7.76. The van der Waals surface area contributed by atoms with Crippen molar-refractivity contribution in [3.05, 3.63) is 53.8 Å². The molecular weight excluding hydrogens is 410 g/mol. The van der Waals surface area contributed by atoms with Gasteiger partial charge in [0.1, 0.15) is 11.5 Å². The van der Waals surface area contributed by atoms with E-state index in [0.717, 1.165) is 64.6 Å². The van der Waals surface area contributed by atoms with Gasteiger partial charge in [-0.2, -0.15) is 4.98 Å². The molecule has 3 N–H and O–H groups in total. The van der Waals surface area contributed by atoms with E-state index in [-0.39, 0.29) is 11.7 Å². The molecule has 0 saturated heterocycles. The maximum Gasteiger partial charge on any atom is 0.287 e. The van der Waals surface area contributed by atoms with Crippen LogP contribution in [-0.2, 0) is 19.5 Å². The Morgan fingerprint density at radius 2 is 2.19 bits per heavy atom. The number of carbonyl (C=O) groups is 1. The Kier molecular flexibility index (Phi) is 4.13. The van der Waals surface area contributed by atoms with Crippen molar-refractivity contribution in [2.24, 2.45) is 0 Å². The van der Waals surface area contributed by atoms with Crippen LogP contribution in [0.2, 0.25) is 0 Å². The van der Waals surface area contributed by atoms with E-state index >= 15 is 0 Å². The fraction of sp³-hybridized carbons (Fsp3) is 0.238. The lowest BCUT2D eigenvalue weighted by Crippen LogP contribution is -2.25. The van der Waals surface area contributed by atoms with Gasteiger partial charge < -0.3 is 24.4 Å². The summed E-state index contributed by atoms with van der Waals surface area (Å²) in [5.41, 5.74) is 4.12. The zero-order chi connectivity index (χ0) is 21.7. The normalized spacial score (nSPS) is 13.0. The molecular formula is C21H19N9O2. The molecule has 4 aromatic heterocycles. The topological polar surface area (TPSA) is 143 Å². The van der Waals surface area contributed by atoms with Crippen molar-refractivity contribution >= 4 is 16.8 Å². The summed E-state index contributed by atoms with van der Waals surface area (Å²) in [7, 11) is 0. The number of aromatic nitrogens is 8. The highest BCUT2D eigenvalue weighted by molar-refractivity contribution is 5.92. The monoisotopic (exact) mass is 429 g/mol. The average Bonchev–Trinajstić information content (AvgIpc) is 3.60. The molecule has 0 unspecified atom stereocenters. The van der Waals surface area contributed by atoms with E-state index in [2.05, 4.69) is 45.2 Å². The number of fused-ring (bicyclic) bond motifs is 2. The van der Waals surface area contributed by atoms with Gasteiger partial charge in [0.05, 0.1) is 12.2 Å². The second kappa shape index (κ2) is 7.15. The third kappa shape index (κ3) is 3.06. The SMILES string of the molecule is Cc1[nH]c(C(=O)NCc2nnc3n2CCC3)nc1-c1ccc2[nH]c(-c3ncno3)cc2c1. The lowest BCUT2D eigenvalue weighted by atomic mass is 10.1. The van der Waals surface area contributed by atoms with Crippen LogP contribution < -0.4 is 5.32 Å². The number of nitrogens with one attached hydrogen (secondary N) is 3. The van der Waals surface area contributed by atoms with Gasteiger partial charge in [0.2, 0.25) is 0 Å². The summed E-state index contributed by atoms with van der Waals surface area (Å²) in [6, 6.07) is 7.88. The Balaban J connectivity index is 1.23. The van der Waals surface area contributed by atoms with Crippen molar-refractivity contribution in [1.29, 1.82) is 0 Å². The summed E-state index contributed by atoms with van der Waals surface area (Å²) in [4.78, 5) is 27.7. The number of amides is 1. The molecule has 0 atom stereocenters. The Bertz CT molecular complexity index is 1440. The maximum absolute atomic E-state index is 12.7. The summed E-state index contributed by atoms with van der Waals surface area (Å²) in [6.45, 7) is 3.11. The number of imidazole rings is 1. The lowest BCUT2D eigenvalue weighted by Gasteiger charge is -2.04. The molecule has 1 amide bonds. The highest BCUT2D eigenvalue weighted by atomic mass is 16.5. The Morgan fingerprint density at radius 3 is 3.06 bits per heavy atom. The van der Waals surface area contributed by atoms with Crippen LogP contribution in [0.15, 0.2) is 35.1 Å². The molecule has 6 rings (SSSR count). The lowest BCUT2D eigenvalue weighted by molar-refractivity contribution is 0.0940. The van der Waals surface area contributed by atoms with E-state index in [0.29, 0.717) is 12.4 Å². The number of aryl methyl sites for hydroxylation is 2. The van der Waals surface area contributed by atoms with Gasteiger partial charge in [0.25, 0.3) is 11.8 Å². The van der Waals surface area contributed by atoms with Crippen molar-refractivity contribution in [2.75, 3.05) is 0 Å². The van der Waals surface area contributed by atoms with E-state index in [1.165, 1.54) is 6.33 Å². The van der Waals surface area contributed by atoms with Crippen molar-refractivity contribution in [2.45, 2.75) is 32.9 Å². The largest absolute Gasteiger partial charge is 0.351 e. The number of nitrogens with zero attached hydrogens (tertiary/aromatic N) is 6. The van der Waals surface area contributed by atoms with E-state index in [4.69, 9.17) is 4.52 Å². The minimum Gasteiger partial charge on any atom is -0.351 e. The first kappa shape index (κ1) is 18.5. The van der Waals surface area contributed by atoms with Crippen LogP contribution in [0.5, 0.6) is 0 Å². The van der Waals surface area contributed by atoms with Gasteiger partial charge in [-0.3, -0.25) is 4.79 Å². The molecule has 0 saturated carbocycles. The fourth-order valence-electron chi connectivity index (χ4n) is 4.12. The summed E-state index contributed by atoms with van der Waals surface area (Å²) in [5, 5.41) is 15.9. The van der Waals surface area contributed by atoms with Crippen molar-refractivity contribution in [1.82, 2.24) is 45.2 Å². The average molecular weight is 429 g/mol. The van der Waals surface area contributed by atoms with Crippen LogP contribution in [0, 0.1) is 6.92 Å². The molecule has 0 spiro atoms. The van der Waals surface area contributed by atoms with Crippen LogP contribution in [0.4, 0.5) is 0 Å². The number of hydrogen-bond acceptors (Lipinski definition) is 7. The first-order chi connectivity index (χ1) is 15.7. The minimum absolute atomic E-state index is 0.263. The Hall–Kier alpha value is -4.28. The van der Waals surface area contributed by atoms with Gasteiger partial charge in [-0.05, 0) is 31.5 Å². The van der Waals surface area contributed by atoms with E-state index < -0.39 is 0 Å². The van der Waals surface area contributed by atoms with Crippen molar-refractivity contribution < 1.29 is 9.32 Å². The van der Waals surface area contributed by atoms with Crippen LogP contribution in [0.1, 0.15) is 34.4 Å². The van der Waals surface area contributed by atoms with Gasteiger partial charge in [0.15, 0.2) is 18.0 Å². The van der Waals surface area contributed by atoms with Crippen LogP contribution in [-0.4, -0.2) is 45.8 Å². The first-order valence-electron chi connectivity index (χ1n) is 10.3. The van der Waals surface area contributed by atoms with Gasteiger partial charge >= 0.3 is 0 Å². The summed E-state index contributed by atoms with van der Waals surface area (Å²) >= 11 is 0. The molecule has 32 heavy (non-hydrogen) atoms. The molecule has 0 bridgehead atoms. The summed E-state index contributed by atoms with van der Waals surface area (Å²) in [6.07, 6.45) is 3.36. The molecule has 1 aromatic carbocycles. The zero-order valence-corrected chi connectivity index (χ0v) is 17.2. The predicted molar refractivity (Wildman–Crippen MR) is 113 cm³/mol.